The van der Waals surface area contributed by atoms with Crippen LogP contribution in [0.25, 0.3) is 22.4 Å². The number of rotatable bonds is 7. The van der Waals surface area contributed by atoms with E-state index < -0.39 is 12.0 Å². The summed E-state index contributed by atoms with van der Waals surface area (Å²) in [7, 11) is 1.88. The molecule has 2 aliphatic heterocycles. The lowest BCUT2D eigenvalue weighted by molar-refractivity contribution is -0.117. The van der Waals surface area contributed by atoms with Gasteiger partial charge in [-0.1, -0.05) is 18.6 Å². The van der Waals surface area contributed by atoms with Gasteiger partial charge in [-0.3, -0.25) is 9.69 Å². The molecular formula is C35H37F2N5O3. The standard InChI is InChI=1S/C35H37F2N5O3/c1-4-27-30(37)12-10-22-14-26(43)17-29(33(22)27)21-9-11-28-31(15-21)39-35(45-20-25-16-23(36)18-41(25)3)40-34(28)42-13-7-6-8-24(19-42)38-32(44)5-2/h1,5,10,12,14-15,17,23-25,43H,2,6-9,11,13,16,18-20H2,3H3,(H,38,44)/t23-,24?,25+/m1/s1. The number of halogens is 2. The summed E-state index contributed by atoms with van der Waals surface area (Å²) in [5.41, 5.74) is 3.24. The lowest BCUT2D eigenvalue weighted by atomic mass is 9.87. The number of hydrogen-bond acceptors (Lipinski definition) is 7. The van der Waals surface area contributed by atoms with Crippen molar-refractivity contribution in [3.63, 3.8) is 0 Å². The Morgan fingerprint density at radius 3 is 2.87 bits per heavy atom. The highest BCUT2D eigenvalue weighted by Crippen LogP contribution is 2.40. The number of aromatic hydroxyl groups is 1. The highest BCUT2D eigenvalue weighted by atomic mass is 19.1. The number of ether oxygens (including phenoxy) is 1. The number of amides is 1. The molecule has 0 spiro atoms. The Kier molecular flexibility index (Phi) is 8.72. The number of allylic oxidation sites excluding steroid dienone is 1. The van der Waals surface area contributed by atoms with Crippen LogP contribution in [0.1, 0.15) is 54.5 Å². The zero-order valence-corrected chi connectivity index (χ0v) is 25.4. The normalized spacial score (nSPS) is 21.9. The van der Waals surface area contributed by atoms with Gasteiger partial charge >= 0.3 is 6.01 Å². The third-order valence-electron chi connectivity index (χ3n) is 9.04. The van der Waals surface area contributed by atoms with Gasteiger partial charge in [-0.2, -0.15) is 9.97 Å². The van der Waals surface area contributed by atoms with Gasteiger partial charge in [0.2, 0.25) is 5.91 Å². The molecule has 2 saturated heterocycles. The second kappa shape index (κ2) is 12.9. The molecule has 3 aromatic rings. The lowest BCUT2D eigenvalue weighted by Gasteiger charge is -2.30. The minimum absolute atomic E-state index is 0.0511. The molecule has 3 aliphatic rings. The van der Waals surface area contributed by atoms with Crippen LogP contribution in [-0.2, 0) is 11.2 Å². The largest absolute Gasteiger partial charge is 0.508 e. The number of alkyl halides is 1. The minimum atomic E-state index is -0.899. The number of anilines is 1. The van der Waals surface area contributed by atoms with Crippen LogP contribution in [0.4, 0.5) is 14.6 Å². The number of hydrogen-bond donors (Lipinski definition) is 2. The zero-order chi connectivity index (χ0) is 31.7. The Labute approximate surface area is 261 Å². The van der Waals surface area contributed by atoms with Crippen molar-refractivity contribution in [3.8, 4) is 24.1 Å². The van der Waals surface area contributed by atoms with E-state index in [-0.39, 0.29) is 41.9 Å². The van der Waals surface area contributed by atoms with Gasteiger partial charge in [-0.15, -0.1) is 6.42 Å². The SMILES string of the molecule is C#Cc1c(F)ccc2cc(O)cc(C3=Cc4nc(OC[C@@H]5C[C@@H](F)CN5C)nc(N5CCCCC(NC(=O)C=C)C5)c4CC3)c12. The molecule has 2 aromatic carbocycles. The maximum absolute atomic E-state index is 14.8. The first-order valence-electron chi connectivity index (χ1n) is 15.4. The van der Waals surface area contributed by atoms with Gasteiger partial charge in [0.05, 0.1) is 11.3 Å². The number of phenols is 1. The Bertz CT molecular complexity index is 1720. The third kappa shape index (κ3) is 6.36. The molecule has 3 atom stereocenters. The monoisotopic (exact) mass is 613 g/mol. The highest BCUT2D eigenvalue weighted by molar-refractivity contribution is 6.02. The van der Waals surface area contributed by atoms with E-state index in [1.54, 1.807) is 18.2 Å². The number of carbonyl (C=O) groups excluding carboxylic acids is 1. The molecule has 2 N–H and O–H groups in total. The molecule has 3 heterocycles. The van der Waals surface area contributed by atoms with Crippen molar-refractivity contribution in [1.29, 1.82) is 0 Å². The van der Waals surface area contributed by atoms with Crippen molar-refractivity contribution in [2.75, 3.05) is 38.2 Å². The van der Waals surface area contributed by atoms with Gasteiger partial charge in [0.15, 0.2) is 0 Å². The molecule has 10 heteroatoms. The number of nitrogens with zero attached hydrogens (tertiary/aromatic N) is 4. The lowest BCUT2D eigenvalue weighted by Crippen LogP contribution is -2.42. The molecular weight excluding hydrogens is 576 g/mol. The van der Waals surface area contributed by atoms with Crippen LogP contribution in [0.2, 0.25) is 0 Å². The van der Waals surface area contributed by atoms with Crippen LogP contribution in [0.3, 0.4) is 0 Å². The van der Waals surface area contributed by atoms with E-state index in [2.05, 4.69) is 22.7 Å². The minimum Gasteiger partial charge on any atom is -0.508 e. The first kappa shape index (κ1) is 30.5. The molecule has 1 aliphatic carbocycles. The molecule has 1 amide bonds. The third-order valence-corrected chi connectivity index (χ3v) is 9.04. The van der Waals surface area contributed by atoms with E-state index >= 15 is 0 Å². The summed E-state index contributed by atoms with van der Waals surface area (Å²) in [5.74, 6) is 2.57. The van der Waals surface area contributed by atoms with Crippen molar-refractivity contribution in [2.45, 2.75) is 56.8 Å². The first-order chi connectivity index (χ1) is 21.7. The number of nitrogens with one attached hydrogen (secondary N) is 1. The van der Waals surface area contributed by atoms with Crippen molar-refractivity contribution >= 4 is 34.1 Å². The predicted molar refractivity (Wildman–Crippen MR) is 171 cm³/mol. The van der Waals surface area contributed by atoms with E-state index in [0.29, 0.717) is 54.4 Å². The number of terminal acetylenes is 1. The van der Waals surface area contributed by atoms with Crippen LogP contribution in [0.5, 0.6) is 11.8 Å². The Morgan fingerprint density at radius 1 is 1.27 bits per heavy atom. The van der Waals surface area contributed by atoms with Gasteiger partial charge in [0.25, 0.3) is 0 Å². The second-order valence-electron chi connectivity index (χ2n) is 12.1. The van der Waals surface area contributed by atoms with Crippen LogP contribution < -0.4 is 15.0 Å². The summed E-state index contributed by atoms with van der Waals surface area (Å²) in [5, 5.41) is 14.8. The molecule has 1 aromatic heterocycles. The molecule has 1 unspecified atom stereocenters. The second-order valence-corrected chi connectivity index (χ2v) is 12.1. The summed E-state index contributed by atoms with van der Waals surface area (Å²) in [6.07, 6.45) is 12.3. The molecule has 0 bridgehead atoms. The number of aromatic nitrogens is 2. The van der Waals surface area contributed by atoms with Crippen LogP contribution >= 0.6 is 0 Å². The van der Waals surface area contributed by atoms with Crippen LogP contribution in [0.15, 0.2) is 36.9 Å². The van der Waals surface area contributed by atoms with Gasteiger partial charge in [-0.05, 0) is 92.4 Å². The average molecular weight is 614 g/mol. The number of carbonyl (C=O) groups is 1. The van der Waals surface area contributed by atoms with Gasteiger partial charge < -0.3 is 20.1 Å². The van der Waals surface area contributed by atoms with Crippen LogP contribution in [-0.4, -0.2) is 77.4 Å². The molecule has 0 saturated carbocycles. The van der Waals surface area contributed by atoms with Gasteiger partial charge in [0.1, 0.15) is 30.2 Å². The van der Waals surface area contributed by atoms with Crippen molar-refractivity contribution in [2.24, 2.45) is 0 Å². The molecule has 8 nitrogen and oxygen atoms in total. The van der Waals surface area contributed by atoms with Crippen molar-refractivity contribution in [3.05, 3.63) is 65.1 Å². The Morgan fingerprint density at radius 2 is 2.11 bits per heavy atom. The molecule has 45 heavy (non-hydrogen) atoms. The van der Waals surface area contributed by atoms with E-state index in [9.17, 15) is 18.7 Å². The number of benzene rings is 2. The highest BCUT2D eigenvalue weighted by Gasteiger charge is 2.31. The fraction of sp³-hybridized carbons (Fsp3) is 0.400. The fourth-order valence-electron chi connectivity index (χ4n) is 6.77. The fourth-order valence-corrected chi connectivity index (χ4v) is 6.77. The Balaban J connectivity index is 1.42. The van der Waals surface area contributed by atoms with E-state index in [1.807, 2.05) is 18.0 Å². The topological polar surface area (TPSA) is 90.8 Å². The summed E-state index contributed by atoms with van der Waals surface area (Å²) >= 11 is 0. The summed E-state index contributed by atoms with van der Waals surface area (Å²) in [6, 6.07) is 6.13. The quantitative estimate of drug-likeness (QED) is 0.286. The van der Waals surface area contributed by atoms with Crippen molar-refractivity contribution < 1.29 is 23.4 Å². The van der Waals surface area contributed by atoms with E-state index in [0.717, 1.165) is 42.8 Å². The first-order valence-corrected chi connectivity index (χ1v) is 15.4. The molecule has 2 fully saturated rings. The maximum atomic E-state index is 14.8. The average Bonchev–Trinajstić information content (AvgIpc) is 3.19. The van der Waals surface area contributed by atoms with Gasteiger partial charge in [0, 0.05) is 42.7 Å². The number of phenolic OH excluding ortho intramolecular Hbond substituents is 1. The zero-order valence-electron chi connectivity index (χ0n) is 25.4. The number of fused-ring (bicyclic) bond motifs is 2. The Hall–Kier alpha value is -4.49. The molecule has 234 valence electrons. The van der Waals surface area contributed by atoms with E-state index in [4.69, 9.17) is 21.1 Å². The number of likely N-dealkylation sites (N-methyl/N-ethyl adjacent to an activating group) is 1. The van der Waals surface area contributed by atoms with Crippen LogP contribution in [0, 0.1) is 18.2 Å². The summed E-state index contributed by atoms with van der Waals surface area (Å²) in [4.78, 5) is 26.0. The molecule has 0 radical (unpaired) electrons. The summed E-state index contributed by atoms with van der Waals surface area (Å²) < 4.78 is 35.0. The summed E-state index contributed by atoms with van der Waals surface area (Å²) in [6.45, 7) is 5.50. The van der Waals surface area contributed by atoms with E-state index in [1.165, 1.54) is 12.1 Å². The predicted octanol–water partition coefficient (Wildman–Crippen LogP) is 5.02. The maximum Gasteiger partial charge on any atom is 0.318 e. The number of likely N-dealkylation sites (tertiary alicyclic amines) is 1. The van der Waals surface area contributed by atoms with Crippen molar-refractivity contribution in [1.82, 2.24) is 20.2 Å². The smallest absolute Gasteiger partial charge is 0.318 e. The molecule has 6 rings (SSSR count). The van der Waals surface area contributed by atoms with Gasteiger partial charge in [-0.25, -0.2) is 8.78 Å².